The van der Waals surface area contributed by atoms with Gasteiger partial charge in [0.15, 0.2) is 0 Å². The van der Waals surface area contributed by atoms with Gasteiger partial charge in [0.1, 0.15) is 5.75 Å². The minimum Gasteiger partial charge on any atom is -0.507 e. The standard InChI is InChI=1S/C10H9N3O3S/c11-8(15)5-17-10-13-12-9(16-10)6-3-1-2-4-7(6)14/h1-4,14H,5H2,(H2,11,15). The predicted molar refractivity (Wildman–Crippen MR) is 61.3 cm³/mol. The monoisotopic (exact) mass is 251 g/mol. The molecule has 3 N–H and O–H groups in total. The van der Waals surface area contributed by atoms with Crippen molar-refractivity contribution in [3.8, 4) is 17.2 Å². The minimum absolute atomic E-state index is 0.0580. The van der Waals surface area contributed by atoms with Gasteiger partial charge in [0.25, 0.3) is 11.1 Å². The minimum atomic E-state index is -0.461. The maximum atomic E-state index is 10.6. The highest BCUT2D eigenvalue weighted by atomic mass is 32.2. The Labute approximate surface area is 101 Å². The zero-order valence-corrected chi connectivity index (χ0v) is 9.48. The summed E-state index contributed by atoms with van der Waals surface area (Å²) in [4.78, 5) is 10.6. The second kappa shape index (κ2) is 4.88. The molecule has 1 heterocycles. The van der Waals surface area contributed by atoms with Crippen molar-refractivity contribution in [2.75, 3.05) is 5.75 Å². The molecular formula is C10H9N3O3S. The highest BCUT2D eigenvalue weighted by Gasteiger charge is 2.12. The summed E-state index contributed by atoms with van der Waals surface area (Å²) in [6, 6.07) is 6.62. The number of rotatable bonds is 4. The molecule has 1 amide bonds. The molecule has 6 nitrogen and oxygen atoms in total. The van der Waals surface area contributed by atoms with Crippen LogP contribution in [0.2, 0.25) is 0 Å². The average Bonchev–Trinajstić information content (AvgIpc) is 2.75. The highest BCUT2D eigenvalue weighted by Crippen LogP contribution is 2.29. The third kappa shape index (κ3) is 2.76. The lowest BCUT2D eigenvalue weighted by Gasteiger charge is -1.97. The first-order valence-electron chi connectivity index (χ1n) is 4.70. The molecule has 0 bridgehead atoms. The Morgan fingerprint density at radius 1 is 1.41 bits per heavy atom. The quantitative estimate of drug-likeness (QED) is 0.786. The summed E-state index contributed by atoms with van der Waals surface area (Å²) in [6.07, 6.45) is 0. The number of hydrogen-bond donors (Lipinski definition) is 2. The maximum absolute atomic E-state index is 10.6. The summed E-state index contributed by atoms with van der Waals surface area (Å²) in [7, 11) is 0. The van der Waals surface area contributed by atoms with Gasteiger partial charge < -0.3 is 15.3 Å². The first-order chi connectivity index (χ1) is 8.16. The van der Waals surface area contributed by atoms with Gasteiger partial charge in [-0.2, -0.15) is 0 Å². The summed E-state index contributed by atoms with van der Waals surface area (Å²) in [6.45, 7) is 0. The van der Waals surface area contributed by atoms with E-state index in [4.69, 9.17) is 10.2 Å². The van der Waals surface area contributed by atoms with Crippen LogP contribution in [0.25, 0.3) is 11.5 Å². The van der Waals surface area contributed by atoms with Gasteiger partial charge in [-0.1, -0.05) is 23.9 Å². The normalized spacial score (nSPS) is 10.4. The van der Waals surface area contributed by atoms with Crippen LogP contribution in [-0.2, 0) is 4.79 Å². The van der Waals surface area contributed by atoms with Crippen LogP contribution in [0.4, 0.5) is 0 Å². The Kier molecular flexibility index (Phi) is 3.29. The number of phenolic OH excluding ortho intramolecular Hbond substituents is 1. The fourth-order valence-electron chi connectivity index (χ4n) is 1.16. The average molecular weight is 251 g/mol. The van der Waals surface area contributed by atoms with Gasteiger partial charge in [0, 0.05) is 0 Å². The van der Waals surface area contributed by atoms with Crippen LogP contribution in [0.15, 0.2) is 33.9 Å². The van der Waals surface area contributed by atoms with E-state index in [9.17, 15) is 9.90 Å². The molecule has 0 fully saturated rings. The number of carbonyl (C=O) groups is 1. The number of nitrogens with zero attached hydrogens (tertiary/aromatic N) is 2. The van der Waals surface area contributed by atoms with Gasteiger partial charge in [-0.05, 0) is 12.1 Å². The molecule has 1 aromatic heterocycles. The number of aromatic hydroxyl groups is 1. The van der Waals surface area contributed by atoms with Crippen LogP contribution < -0.4 is 5.73 Å². The number of hydrogen-bond acceptors (Lipinski definition) is 6. The van der Waals surface area contributed by atoms with Crippen LogP contribution in [-0.4, -0.2) is 27.0 Å². The summed E-state index contributed by atoms with van der Waals surface area (Å²) >= 11 is 1.05. The van der Waals surface area contributed by atoms with Gasteiger partial charge in [-0.25, -0.2) is 0 Å². The largest absolute Gasteiger partial charge is 0.507 e. The third-order valence-electron chi connectivity index (χ3n) is 1.88. The molecule has 0 atom stereocenters. The third-order valence-corrected chi connectivity index (χ3v) is 2.72. The van der Waals surface area contributed by atoms with Gasteiger partial charge in [-0.3, -0.25) is 4.79 Å². The molecule has 2 rings (SSSR count). The van der Waals surface area contributed by atoms with Crippen molar-refractivity contribution in [2.45, 2.75) is 5.22 Å². The number of thioether (sulfide) groups is 1. The highest BCUT2D eigenvalue weighted by molar-refractivity contribution is 7.99. The lowest BCUT2D eigenvalue weighted by Crippen LogP contribution is -2.12. The Morgan fingerprint density at radius 3 is 2.88 bits per heavy atom. The molecule has 0 radical (unpaired) electrons. The summed E-state index contributed by atoms with van der Waals surface area (Å²) in [5.41, 5.74) is 5.44. The molecule has 17 heavy (non-hydrogen) atoms. The maximum Gasteiger partial charge on any atom is 0.277 e. The summed E-state index contributed by atoms with van der Waals surface area (Å²) in [5.74, 6) is -0.127. The van der Waals surface area contributed by atoms with Crippen LogP contribution in [0.1, 0.15) is 0 Å². The van der Waals surface area contributed by atoms with Gasteiger partial charge >= 0.3 is 0 Å². The zero-order chi connectivity index (χ0) is 12.3. The molecule has 0 saturated heterocycles. The van der Waals surface area contributed by atoms with Gasteiger partial charge in [-0.15, -0.1) is 10.2 Å². The SMILES string of the molecule is NC(=O)CSc1nnc(-c2ccccc2O)o1. The van der Waals surface area contributed by atoms with Crippen LogP contribution >= 0.6 is 11.8 Å². The number of nitrogens with two attached hydrogens (primary N) is 1. The van der Waals surface area contributed by atoms with E-state index in [2.05, 4.69) is 10.2 Å². The molecule has 0 aliphatic rings. The molecule has 1 aromatic carbocycles. The molecule has 0 aliphatic heterocycles. The number of phenols is 1. The first kappa shape index (κ1) is 11.5. The summed E-state index contributed by atoms with van der Waals surface area (Å²) in [5, 5.41) is 17.3. The molecule has 0 aliphatic carbocycles. The fraction of sp³-hybridized carbons (Fsp3) is 0.100. The van der Waals surface area contributed by atoms with Crippen molar-refractivity contribution >= 4 is 17.7 Å². The molecule has 0 unspecified atom stereocenters. The van der Waals surface area contributed by atoms with E-state index < -0.39 is 5.91 Å². The number of primary amides is 1. The second-order valence-electron chi connectivity index (χ2n) is 3.15. The number of amides is 1. The Hall–Kier alpha value is -2.02. The second-order valence-corrected chi connectivity index (χ2v) is 4.07. The van der Waals surface area contributed by atoms with Crippen molar-refractivity contribution < 1.29 is 14.3 Å². The van der Waals surface area contributed by atoms with E-state index >= 15 is 0 Å². The van der Waals surface area contributed by atoms with E-state index in [1.165, 1.54) is 6.07 Å². The van der Waals surface area contributed by atoms with Crippen molar-refractivity contribution in [1.82, 2.24) is 10.2 Å². The molecule has 7 heteroatoms. The van der Waals surface area contributed by atoms with E-state index in [0.717, 1.165) is 11.8 Å². The molecule has 0 saturated carbocycles. The Morgan fingerprint density at radius 2 is 2.18 bits per heavy atom. The van der Waals surface area contributed by atoms with Crippen molar-refractivity contribution in [3.05, 3.63) is 24.3 Å². The van der Waals surface area contributed by atoms with E-state index in [-0.39, 0.29) is 22.6 Å². The summed E-state index contributed by atoms with van der Waals surface area (Å²) < 4.78 is 5.27. The lowest BCUT2D eigenvalue weighted by molar-refractivity contribution is -0.115. The van der Waals surface area contributed by atoms with E-state index in [1.54, 1.807) is 18.2 Å². The Bertz CT molecular complexity index is 541. The topological polar surface area (TPSA) is 102 Å². The molecular weight excluding hydrogens is 242 g/mol. The number of para-hydroxylation sites is 1. The van der Waals surface area contributed by atoms with Crippen molar-refractivity contribution in [3.63, 3.8) is 0 Å². The van der Waals surface area contributed by atoms with Crippen molar-refractivity contribution in [1.29, 1.82) is 0 Å². The van der Waals surface area contributed by atoms with Crippen LogP contribution in [0.5, 0.6) is 5.75 Å². The number of carbonyl (C=O) groups excluding carboxylic acids is 1. The lowest BCUT2D eigenvalue weighted by atomic mass is 10.2. The number of benzene rings is 1. The number of aromatic nitrogens is 2. The van der Waals surface area contributed by atoms with E-state index in [0.29, 0.717) is 5.56 Å². The Balaban J connectivity index is 2.18. The van der Waals surface area contributed by atoms with Gasteiger partial charge in [0.05, 0.1) is 11.3 Å². The van der Waals surface area contributed by atoms with E-state index in [1.807, 2.05) is 0 Å². The molecule has 88 valence electrons. The molecule has 0 spiro atoms. The fourth-order valence-corrected chi connectivity index (χ4v) is 1.67. The van der Waals surface area contributed by atoms with Crippen LogP contribution in [0.3, 0.4) is 0 Å². The smallest absolute Gasteiger partial charge is 0.277 e. The van der Waals surface area contributed by atoms with Crippen LogP contribution in [0, 0.1) is 0 Å². The molecule has 2 aromatic rings. The van der Waals surface area contributed by atoms with Crippen molar-refractivity contribution in [2.24, 2.45) is 5.73 Å². The zero-order valence-electron chi connectivity index (χ0n) is 8.66. The first-order valence-corrected chi connectivity index (χ1v) is 5.68. The predicted octanol–water partition coefficient (Wildman–Crippen LogP) is 1.02. The van der Waals surface area contributed by atoms with Gasteiger partial charge in [0.2, 0.25) is 5.91 Å².